The van der Waals surface area contributed by atoms with Crippen LogP contribution in [0.15, 0.2) is 59.7 Å². The van der Waals surface area contributed by atoms with Crippen molar-refractivity contribution < 1.29 is 9.52 Å². The largest absolute Gasteiger partial charge is 0.472 e. The molecule has 4 aromatic rings. The number of furan rings is 1. The predicted octanol–water partition coefficient (Wildman–Crippen LogP) is 2.17. The van der Waals surface area contributed by atoms with Crippen LogP contribution in [0.2, 0.25) is 0 Å². The molecule has 0 bridgehead atoms. The van der Waals surface area contributed by atoms with Gasteiger partial charge in [0.15, 0.2) is 5.65 Å². The highest BCUT2D eigenvalue weighted by Crippen LogP contribution is 2.32. The summed E-state index contributed by atoms with van der Waals surface area (Å²) in [5.41, 5.74) is 4.46. The summed E-state index contributed by atoms with van der Waals surface area (Å²) in [5.74, 6) is 0.924. The van der Waals surface area contributed by atoms with Crippen LogP contribution in [0.25, 0.3) is 28.2 Å². The van der Waals surface area contributed by atoms with Crippen molar-refractivity contribution in [2.45, 2.75) is 0 Å². The molecule has 8 nitrogen and oxygen atoms in total. The van der Waals surface area contributed by atoms with E-state index in [1.807, 2.05) is 34.8 Å². The molecular formula is C21H22N6O2. The van der Waals surface area contributed by atoms with Crippen LogP contribution in [0.5, 0.6) is 0 Å². The monoisotopic (exact) mass is 390 g/mol. The number of imidazole rings is 1. The van der Waals surface area contributed by atoms with Gasteiger partial charge in [-0.05, 0) is 30.3 Å². The summed E-state index contributed by atoms with van der Waals surface area (Å²) in [6.45, 7) is 4.52. The molecule has 0 saturated carbocycles. The third-order valence-corrected chi connectivity index (χ3v) is 5.32. The van der Waals surface area contributed by atoms with Crippen LogP contribution >= 0.6 is 0 Å². The molecule has 0 aromatic carbocycles. The molecule has 148 valence electrons. The van der Waals surface area contributed by atoms with Gasteiger partial charge in [0, 0.05) is 56.2 Å². The van der Waals surface area contributed by atoms with Gasteiger partial charge >= 0.3 is 0 Å². The smallest absolute Gasteiger partial charge is 0.155 e. The first-order valence-electron chi connectivity index (χ1n) is 9.74. The maximum Gasteiger partial charge on any atom is 0.155 e. The second kappa shape index (κ2) is 7.65. The van der Waals surface area contributed by atoms with Crippen molar-refractivity contribution in [3.05, 3.63) is 55.3 Å². The van der Waals surface area contributed by atoms with E-state index in [-0.39, 0.29) is 6.61 Å². The summed E-state index contributed by atoms with van der Waals surface area (Å²) in [7, 11) is 0. The second-order valence-electron chi connectivity index (χ2n) is 7.07. The van der Waals surface area contributed by atoms with Gasteiger partial charge in [-0.25, -0.2) is 9.50 Å². The molecule has 29 heavy (non-hydrogen) atoms. The molecule has 8 heteroatoms. The number of β-amino-alcohol motifs (C(OH)–C–C–N with tert-alkyl or cyclic N) is 1. The third-order valence-electron chi connectivity index (χ3n) is 5.32. The summed E-state index contributed by atoms with van der Waals surface area (Å²) < 4.78 is 7.20. The summed E-state index contributed by atoms with van der Waals surface area (Å²) >= 11 is 0. The zero-order chi connectivity index (χ0) is 19.6. The number of aromatic nitrogens is 4. The van der Waals surface area contributed by atoms with Crippen LogP contribution in [-0.4, -0.2) is 68.9 Å². The number of aliphatic hydroxyl groups is 1. The Bertz CT molecular complexity index is 1090. The molecule has 0 spiro atoms. The van der Waals surface area contributed by atoms with Gasteiger partial charge in [0.25, 0.3) is 0 Å². The minimum absolute atomic E-state index is 0.200. The van der Waals surface area contributed by atoms with Crippen molar-refractivity contribution in [2.24, 2.45) is 0 Å². The average molecular weight is 390 g/mol. The fourth-order valence-corrected chi connectivity index (χ4v) is 3.80. The van der Waals surface area contributed by atoms with Crippen molar-refractivity contribution in [3.8, 4) is 22.5 Å². The van der Waals surface area contributed by atoms with Crippen LogP contribution < -0.4 is 4.90 Å². The highest BCUT2D eigenvalue weighted by atomic mass is 16.3. The molecule has 1 saturated heterocycles. The van der Waals surface area contributed by atoms with Gasteiger partial charge in [-0.1, -0.05) is 0 Å². The van der Waals surface area contributed by atoms with Crippen molar-refractivity contribution in [1.29, 1.82) is 0 Å². The lowest BCUT2D eigenvalue weighted by Crippen LogP contribution is -2.47. The predicted molar refractivity (Wildman–Crippen MR) is 110 cm³/mol. The van der Waals surface area contributed by atoms with E-state index in [4.69, 9.17) is 19.6 Å². The number of pyridine rings is 1. The van der Waals surface area contributed by atoms with Crippen LogP contribution in [0.3, 0.4) is 0 Å². The Morgan fingerprint density at radius 3 is 2.52 bits per heavy atom. The first kappa shape index (κ1) is 17.8. The number of rotatable bonds is 5. The highest BCUT2D eigenvalue weighted by molar-refractivity contribution is 5.81. The molecule has 0 radical (unpaired) electrons. The fourth-order valence-electron chi connectivity index (χ4n) is 3.80. The molecule has 4 aromatic heterocycles. The van der Waals surface area contributed by atoms with Crippen molar-refractivity contribution in [3.63, 3.8) is 0 Å². The van der Waals surface area contributed by atoms with E-state index in [1.54, 1.807) is 24.9 Å². The van der Waals surface area contributed by atoms with Gasteiger partial charge < -0.3 is 14.4 Å². The zero-order valence-corrected chi connectivity index (χ0v) is 16.0. The number of nitrogens with zero attached hydrogens (tertiary/aromatic N) is 6. The van der Waals surface area contributed by atoms with Crippen LogP contribution in [0, 0.1) is 0 Å². The number of piperazine rings is 1. The van der Waals surface area contributed by atoms with Crippen molar-refractivity contribution in [2.75, 3.05) is 44.2 Å². The quantitative estimate of drug-likeness (QED) is 0.559. The minimum Gasteiger partial charge on any atom is -0.472 e. The van der Waals surface area contributed by atoms with Gasteiger partial charge in [-0.3, -0.25) is 9.88 Å². The molecule has 5 rings (SSSR count). The molecule has 0 atom stereocenters. The molecule has 0 unspecified atom stereocenters. The summed E-state index contributed by atoms with van der Waals surface area (Å²) in [4.78, 5) is 13.5. The van der Waals surface area contributed by atoms with E-state index in [0.717, 1.165) is 66.7 Å². The average Bonchev–Trinajstić information content (AvgIpc) is 3.42. The van der Waals surface area contributed by atoms with Crippen LogP contribution in [0.4, 0.5) is 5.82 Å². The van der Waals surface area contributed by atoms with Crippen molar-refractivity contribution in [1.82, 2.24) is 24.5 Å². The van der Waals surface area contributed by atoms with Gasteiger partial charge in [0.2, 0.25) is 0 Å². The number of hydrogen-bond acceptors (Lipinski definition) is 7. The summed E-state index contributed by atoms with van der Waals surface area (Å²) in [6.07, 6.45) is 6.91. The lowest BCUT2D eigenvalue weighted by atomic mass is 10.1. The Hall–Kier alpha value is -3.23. The van der Waals surface area contributed by atoms with E-state index in [9.17, 15) is 0 Å². The normalized spacial score (nSPS) is 15.3. The summed E-state index contributed by atoms with van der Waals surface area (Å²) in [6, 6.07) is 9.88. The molecular weight excluding hydrogens is 368 g/mol. The van der Waals surface area contributed by atoms with E-state index in [1.165, 1.54) is 0 Å². The molecule has 1 N–H and O–H groups in total. The first-order chi connectivity index (χ1) is 14.3. The Balaban J connectivity index is 1.57. The first-order valence-corrected chi connectivity index (χ1v) is 9.74. The number of aliphatic hydroxyl groups excluding tert-OH is 1. The molecule has 1 fully saturated rings. The minimum atomic E-state index is 0.200. The lowest BCUT2D eigenvalue weighted by Gasteiger charge is -2.34. The lowest BCUT2D eigenvalue weighted by molar-refractivity contribution is 0.188. The summed E-state index contributed by atoms with van der Waals surface area (Å²) in [5, 5.41) is 14.1. The van der Waals surface area contributed by atoms with Crippen LogP contribution in [-0.2, 0) is 0 Å². The molecule has 1 aliphatic heterocycles. The number of fused-ring (bicyclic) bond motifs is 1. The Morgan fingerprint density at radius 1 is 0.966 bits per heavy atom. The van der Waals surface area contributed by atoms with E-state index in [0.29, 0.717) is 0 Å². The molecule has 1 aliphatic rings. The Labute approximate surface area is 168 Å². The second-order valence-corrected chi connectivity index (χ2v) is 7.07. The SMILES string of the molecule is OCCN1CCN(c2ccc3nc(-c4ccoc4)c(-c4ccncc4)n3n2)CC1. The molecule has 5 heterocycles. The van der Waals surface area contributed by atoms with Gasteiger partial charge in [0.05, 0.1) is 19.1 Å². The maximum absolute atomic E-state index is 9.15. The van der Waals surface area contributed by atoms with Crippen LogP contribution in [0.1, 0.15) is 0 Å². The maximum atomic E-state index is 9.15. The topological polar surface area (TPSA) is 82.9 Å². The third kappa shape index (κ3) is 3.37. The van der Waals surface area contributed by atoms with E-state index >= 15 is 0 Å². The molecule has 0 aliphatic carbocycles. The Kier molecular flexibility index (Phi) is 4.71. The number of anilines is 1. The van der Waals surface area contributed by atoms with Crippen molar-refractivity contribution >= 4 is 11.5 Å². The highest BCUT2D eigenvalue weighted by Gasteiger charge is 2.21. The Morgan fingerprint density at radius 2 is 1.79 bits per heavy atom. The fraction of sp³-hybridized carbons (Fsp3) is 0.286. The molecule has 0 amide bonds. The number of hydrogen-bond donors (Lipinski definition) is 1. The van der Waals surface area contributed by atoms with Gasteiger partial charge in [-0.15, -0.1) is 5.10 Å². The van der Waals surface area contributed by atoms with Gasteiger partial charge in [-0.2, -0.15) is 0 Å². The van der Waals surface area contributed by atoms with E-state index < -0.39 is 0 Å². The van der Waals surface area contributed by atoms with E-state index in [2.05, 4.69) is 14.8 Å². The standard InChI is InChI=1S/C21H22N6O2/c28-13-12-25-8-10-26(11-9-25)19-2-1-18-23-20(17-5-14-29-15-17)21(27(18)24-19)16-3-6-22-7-4-16/h1-7,14-15,28H,8-13H2. The van der Waals surface area contributed by atoms with Gasteiger partial charge in [0.1, 0.15) is 17.2 Å². The zero-order valence-electron chi connectivity index (χ0n) is 16.0.